The zero-order valence-corrected chi connectivity index (χ0v) is 23.3. The van der Waals surface area contributed by atoms with Gasteiger partial charge in [0.05, 0.1) is 11.9 Å². The van der Waals surface area contributed by atoms with Crippen LogP contribution in [0.15, 0.2) is 48.5 Å². The molecule has 198 valence electrons. The number of hydrogen-bond acceptors (Lipinski definition) is 4. The number of para-hydroxylation sites is 1. The molecule has 0 unspecified atom stereocenters. The van der Waals surface area contributed by atoms with Gasteiger partial charge in [-0.2, -0.15) is 0 Å². The van der Waals surface area contributed by atoms with Crippen molar-refractivity contribution in [1.29, 1.82) is 0 Å². The van der Waals surface area contributed by atoms with E-state index in [9.17, 15) is 18.0 Å². The largest absolute Gasteiger partial charge is 0.352 e. The van der Waals surface area contributed by atoms with E-state index >= 15 is 0 Å². The molecule has 0 fully saturated rings. The lowest BCUT2D eigenvalue weighted by Gasteiger charge is -2.32. The number of benzene rings is 2. The quantitative estimate of drug-likeness (QED) is 0.423. The monoisotopic (exact) mass is 515 g/mol. The minimum absolute atomic E-state index is 0.0133. The van der Waals surface area contributed by atoms with Crippen molar-refractivity contribution >= 4 is 27.5 Å². The Labute approximate surface area is 216 Å². The van der Waals surface area contributed by atoms with E-state index in [0.29, 0.717) is 25.1 Å². The van der Waals surface area contributed by atoms with Gasteiger partial charge in [-0.1, -0.05) is 56.3 Å². The normalized spacial score (nSPS) is 13.1. The molecule has 0 spiro atoms. The minimum atomic E-state index is -3.52. The summed E-state index contributed by atoms with van der Waals surface area (Å²) in [5.74, 6) is -0.325. The van der Waals surface area contributed by atoms with Gasteiger partial charge in [-0.15, -0.1) is 0 Å². The summed E-state index contributed by atoms with van der Waals surface area (Å²) in [5, 5.41) is 3.02. The summed E-state index contributed by atoms with van der Waals surface area (Å²) in [6.45, 7) is 10.2. The molecule has 2 aromatic rings. The van der Waals surface area contributed by atoms with E-state index in [1.54, 1.807) is 17.0 Å². The second-order valence-electron chi connectivity index (χ2n) is 9.42. The Morgan fingerprint density at radius 2 is 1.56 bits per heavy atom. The van der Waals surface area contributed by atoms with Crippen LogP contribution in [-0.4, -0.2) is 50.0 Å². The second kappa shape index (κ2) is 13.4. The first kappa shape index (κ1) is 29.4. The molecule has 0 saturated carbocycles. The number of rotatable bonds is 13. The van der Waals surface area contributed by atoms with E-state index in [1.165, 1.54) is 10.6 Å². The van der Waals surface area contributed by atoms with Gasteiger partial charge in [-0.05, 0) is 62.8 Å². The molecule has 0 bridgehead atoms. The highest BCUT2D eigenvalue weighted by atomic mass is 32.2. The van der Waals surface area contributed by atoms with Crippen LogP contribution in [0.2, 0.25) is 0 Å². The zero-order chi connectivity index (χ0) is 26.9. The van der Waals surface area contributed by atoms with Gasteiger partial charge in [0.15, 0.2) is 0 Å². The standard InChI is InChI=1S/C28H41N3O4S/c1-7-23(5)29-28(33)25(8-2)30(20-24-16-11-9-14-21(24)3)27(32)18-13-19-31(36(6,34)35)26-17-12-10-15-22(26)4/h9-12,14-17,23,25H,7-8,13,18-20H2,1-6H3,(H,29,33)/t23-,25+/m1/s1. The third-order valence-corrected chi connectivity index (χ3v) is 7.71. The fourth-order valence-electron chi connectivity index (χ4n) is 4.16. The molecular weight excluding hydrogens is 474 g/mol. The van der Waals surface area contributed by atoms with E-state index in [-0.39, 0.29) is 30.8 Å². The first-order valence-electron chi connectivity index (χ1n) is 12.7. The number of aryl methyl sites for hydroxylation is 2. The molecule has 7 nitrogen and oxygen atoms in total. The fourth-order valence-corrected chi connectivity index (χ4v) is 5.18. The van der Waals surface area contributed by atoms with Crippen molar-refractivity contribution < 1.29 is 18.0 Å². The molecule has 1 N–H and O–H groups in total. The molecule has 0 aliphatic rings. The summed E-state index contributed by atoms with van der Waals surface area (Å²) >= 11 is 0. The van der Waals surface area contributed by atoms with Crippen molar-refractivity contribution in [2.75, 3.05) is 17.1 Å². The lowest BCUT2D eigenvalue weighted by atomic mass is 10.0. The molecule has 0 saturated heterocycles. The first-order valence-corrected chi connectivity index (χ1v) is 14.5. The Morgan fingerprint density at radius 1 is 0.944 bits per heavy atom. The van der Waals surface area contributed by atoms with Crippen molar-refractivity contribution in [2.45, 2.75) is 78.9 Å². The molecule has 8 heteroatoms. The number of nitrogens with one attached hydrogen (secondary N) is 1. The highest BCUT2D eigenvalue weighted by Gasteiger charge is 2.29. The lowest BCUT2D eigenvalue weighted by molar-refractivity contribution is -0.141. The summed E-state index contributed by atoms with van der Waals surface area (Å²) in [4.78, 5) is 28.3. The van der Waals surface area contributed by atoms with Crippen LogP contribution in [0, 0.1) is 13.8 Å². The van der Waals surface area contributed by atoms with Gasteiger partial charge in [-0.25, -0.2) is 8.42 Å². The minimum Gasteiger partial charge on any atom is -0.352 e. The number of hydrogen-bond donors (Lipinski definition) is 1. The second-order valence-corrected chi connectivity index (χ2v) is 11.3. The topological polar surface area (TPSA) is 86.8 Å². The van der Waals surface area contributed by atoms with E-state index < -0.39 is 16.1 Å². The van der Waals surface area contributed by atoms with Crippen molar-refractivity contribution in [3.05, 3.63) is 65.2 Å². The van der Waals surface area contributed by atoms with E-state index in [0.717, 1.165) is 23.1 Å². The van der Waals surface area contributed by atoms with Crippen LogP contribution >= 0.6 is 0 Å². The summed E-state index contributed by atoms with van der Waals surface area (Å²) < 4.78 is 26.4. The van der Waals surface area contributed by atoms with Crippen LogP contribution in [-0.2, 0) is 26.2 Å². The third-order valence-electron chi connectivity index (χ3n) is 6.53. The Kier molecular flexibility index (Phi) is 11.0. The average molecular weight is 516 g/mol. The molecule has 36 heavy (non-hydrogen) atoms. The molecule has 0 aliphatic heterocycles. The van der Waals surface area contributed by atoms with Crippen LogP contribution in [0.3, 0.4) is 0 Å². The van der Waals surface area contributed by atoms with Gasteiger partial charge in [0.2, 0.25) is 21.8 Å². The SMILES string of the molecule is CC[C@@H](C)NC(=O)[C@H](CC)N(Cc1ccccc1C)C(=O)CCCN(c1ccccc1C)S(C)(=O)=O. The maximum absolute atomic E-state index is 13.5. The summed E-state index contributed by atoms with van der Waals surface area (Å²) in [6.07, 6.45) is 2.94. The average Bonchev–Trinajstić information content (AvgIpc) is 2.82. The number of carbonyl (C=O) groups excluding carboxylic acids is 2. The van der Waals surface area contributed by atoms with Gasteiger partial charge in [0.25, 0.3) is 0 Å². The molecule has 2 rings (SSSR count). The highest BCUT2D eigenvalue weighted by Crippen LogP contribution is 2.23. The van der Waals surface area contributed by atoms with Crippen LogP contribution < -0.4 is 9.62 Å². The highest BCUT2D eigenvalue weighted by molar-refractivity contribution is 7.92. The van der Waals surface area contributed by atoms with Gasteiger partial charge in [-0.3, -0.25) is 13.9 Å². The van der Waals surface area contributed by atoms with Gasteiger partial charge in [0.1, 0.15) is 6.04 Å². The predicted octanol–water partition coefficient (Wildman–Crippen LogP) is 4.57. The van der Waals surface area contributed by atoms with Crippen molar-refractivity contribution in [3.63, 3.8) is 0 Å². The van der Waals surface area contributed by atoms with Crippen molar-refractivity contribution in [3.8, 4) is 0 Å². The van der Waals surface area contributed by atoms with Crippen LogP contribution in [0.4, 0.5) is 5.69 Å². The van der Waals surface area contributed by atoms with E-state index in [1.807, 2.05) is 71.0 Å². The number of sulfonamides is 1. The Morgan fingerprint density at radius 3 is 2.11 bits per heavy atom. The lowest BCUT2D eigenvalue weighted by Crippen LogP contribution is -2.50. The molecule has 2 aromatic carbocycles. The third kappa shape index (κ3) is 8.08. The van der Waals surface area contributed by atoms with Crippen LogP contribution in [0.5, 0.6) is 0 Å². The fraction of sp³-hybridized carbons (Fsp3) is 0.500. The van der Waals surface area contributed by atoms with Crippen LogP contribution in [0.1, 0.15) is 63.1 Å². The summed E-state index contributed by atoms with van der Waals surface area (Å²) in [5.41, 5.74) is 3.50. The molecular formula is C28H41N3O4S. The van der Waals surface area contributed by atoms with Crippen LogP contribution in [0.25, 0.3) is 0 Å². The molecule has 0 heterocycles. The Bertz CT molecular complexity index is 1130. The molecule has 2 atom stereocenters. The first-order chi connectivity index (χ1) is 17.0. The van der Waals surface area contributed by atoms with Crippen molar-refractivity contribution in [2.24, 2.45) is 0 Å². The maximum Gasteiger partial charge on any atom is 0.243 e. The van der Waals surface area contributed by atoms with Crippen molar-refractivity contribution in [1.82, 2.24) is 10.2 Å². The Hall–Kier alpha value is -2.87. The zero-order valence-electron chi connectivity index (χ0n) is 22.5. The summed E-state index contributed by atoms with van der Waals surface area (Å²) in [6, 6.07) is 14.6. The maximum atomic E-state index is 13.5. The molecule has 0 radical (unpaired) electrons. The molecule has 0 aromatic heterocycles. The van der Waals surface area contributed by atoms with E-state index in [4.69, 9.17) is 0 Å². The predicted molar refractivity (Wildman–Crippen MR) is 146 cm³/mol. The van der Waals surface area contributed by atoms with Gasteiger partial charge < -0.3 is 10.2 Å². The number of carbonyl (C=O) groups is 2. The summed E-state index contributed by atoms with van der Waals surface area (Å²) in [7, 11) is -3.52. The number of nitrogens with zero attached hydrogens (tertiary/aromatic N) is 2. The molecule has 0 aliphatic carbocycles. The van der Waals surface area contributed by atoms with Gasteiger partial charge in [0, 0.05) is 25.6 Å². The number of amides is 2. The Balaban J connectivity index is 2.25. The smallest absolute Gasteiger partial charge is 0.243 e. The number of anilines is 1. The molecule has 2 amide bonds. The van der Waals surface area contributed by atoms with Gasteiger partial charge >= 0.3 is 0 Å². The van der Waals surface area contributed by atoms with E-state index in [2.05, 4.69) is 5.32 Å².